The lowest BCUT2D eigenvalue weighted by atomic mass is 9.87. The molecule has 0 N–H and O–H groups in total. The molecule has 0 aliphatic rings. The normalized spacial score (nSPS) is 14.0. The average molecular weight is 184 g/mol. The number of nitrogens with zero attached hydrogens (tertiary/aromatic N) is 4. The quantitative estimate of drug-likeness (QED) is 0.376. The van der Waals surface area contributed by atoms with Crippen LogP contribution in [0.4, 0.5) is 0 Å². The predicted octanol–water partition coefficient (Wildman–Crippen LogP) is 2.66. The molecule has 13 heavy (non-hydrogen) atoms. The standard InChI is InChI=1S/C9H20N4/c1-8(9(2,3)4)13(5)7-6-11-12-10/h8H,6-7H2,1-5H3. The molecule has 76 valence electrons. The Morgan fingerprint density at radius 1 is 1.46 bits per heavy atom. The summed E-state index contributed by atoms with van der Waals surface area (Å²) in [4.78, 5) is 4.94. The van der Waals surface area contributed by atoms with Crippen molar-refractivity contribution in [3.8, 4) is 0 Å². The van der Waals surface area contributed by atoms with Crippen molar-refractivity contribution in [1.29, 1.82) is 0 Å². The second-order valence-corrected chi connectivity index (χ2v) is 4.48. The van der Waals surface area contributed by atoms with Gasteiger partial charge in [-0.3, -0.25) is 0 Å². The molecule has 0 radical (unpaired) electrons. The monoisotopic (exact) mass is 184 g/mol. The first-order valence-corrected chi connectivity index (χ1v) is 4.60. The molecular weight excluding hydrogens is 164 g/mol. The topological polar surface area (TPSA) is 52.0 Å². The molecule has 0 saturated carbocycles. The third kappa shape index (κ3) is 4.76. The van der Waals surface area contributed by atoms with Gasteiger partial charge in [-0.1, -0.05) is 25.9 Å². The minimum atomic E-state index is 0.269. The van der Waals surface area contributed by atoms with Crippen molar-refractivity contribution in [1.82, 2.24) is 4.90 Å². The van der Waals surface area contributed by atoms with Crippen molar-refractivity contribution >= 4 is 0 Å². The fourth-order valence-corrected chi connectivity index (χ4v) is 1.10. The highest BCUT2D eigenvalue weighted by Gasteiger charge is 2.22. The van der Waals surface area contributed by atoms with Gasteiger partial charge >= 0.3 is 0 Å². The van der Waals surface area contributed by atoms with Gasteiger partial charge in [-0.05, 0) is 24.9 Å². The van der Waals surface area contributed by atoms with Crippen molar-refractivity contribution in [3.63, 3.8) is 0 Å². The summed E-state index contributed by atoms with van der Waals surface area (Å²) in [6.07, 6.45) is 0. The molecule has 0 fully saturated rings. The van der Waals surface area contributed by atoms with Crippen LogP contribution in [0, 0.1) is 5.41 Å². The Morgan fingerprint density at radius 2 is 2.00 bits per heavy atom. The Kier molecular flexibility index (Phi) is 4.81. The largest absolute Gasteiger partial charge is 0.303 e. The number of azide groups is 1. The van der Waals surface area contributed by atoms with Crippen LogP contribution in [0.25, 0.3) is 10.4 Å². The first kappa shape index (κ1) is 12.3. The van der Waals surface area contributed by atoms with E-state index in [-0.39, 0.29) is 5.41 Å². The van der Waals surface area contributed by atoms with Crippen LogP contribution in [-0.4, -0.2) is 31.1 Å². The van der Waals surface area contributed by atoms with Gasteiger partial charge in [-0.25, -0.2) is 0 Å². The molecule has 0 spiro atoms. The van der Waals surface area contributed by atoms with Crippen LogP contribution in [0.3, 0.4) is 0 Å². The molecule has 0 saturated heterocycles. The van der Waals surface area contributed by atoms with Gasteiger partial charge in [0.1, 0.15) is 0 Å². The van der Waals surface area contributed by atoms with E-state index in [1.54, 1.807) is 0 Å². The molecule has 0 bridgehead atoms. The van der Waals surface area contributed by atoms with Crippen LogP contribution in [0.1, 0.15) is 27.7 Å². The van der Waals surface area contributed by atoms with E-state index in [4.69, 9.17) is 5.53 Å². The maximum atomic E-state index is 8.12. The Hall–Kier alpha value is -0.730. The summed E-state index contributed by atoms with van der Waals surface area (Å²) in [6.45, 7) is 10.2. The van der Waals surface area contributed by atoms with Crippen LogP contribution in [0.5, 0.6) is 0 Å². The summed E-state index contributed by atoms with van der Waals surface area (Å²) in [6, 6.07) is 0.487. The van der Waals surface area contributed by atoms with Crippen molar-refractivity contribution in [2.75, 3.05) is 20.1 Å². The smallest absolute Gasteiger partial charge is 0.0385 e. The number of hydrogen-bond donors (Lipinski definition) is 0. The molecule has 0 aromatic rings. The molecule has 0 amide bonds. The number of hydrogen-bond acceptors (Lipinski definition) is 2. The summed E-state index contributed by atoms with van der Waals surface area (Å²) < 4.78 is 0. The Labute approximate surface area is 80.6 Å². The van der Waals surface area contributed by atoms with Gasteiger partial charge in [-0.2, -0.15) is 0 Å². The molecule has 4 nitrogen and oxygen atoms in total. The highest BCUT2D eigenvalue weighted by molar-refractivity contribution is 4.77. The second-order valence-electron chi connectivity index (χ2n) is 4.48. The van der Waals surface area contributed by atoms with Crippen LogP contribution < -0.4 is 0 Å². The number of rotatable bonds is 4. The first-order chi connectivity index (χ1) is 5.89. The van der Waals surface area contributed by atoms with E-state index in [2.05, 4.69) is 49.7 Å². The zero-order chi connectivity index (χ0) is 10.5. The highest BCUT2D eigenvalue weighted by atomic mass is 15.2. The molecular formula is C9H20N4. The van der Waals surface area contributed by atoms with Gasteiger partial charge < -0.3 is 4.90 Å². The zero-order valence-electron chi connectivity index (χ0n) is 9.28. The van der Waals surface area contributed by atoms with Gasteiger partial charge in [0.15, 0.2) is 0 Å². The summed E-state index contributed by atoms with van der Waals surface area (Å²) in [5, 5.41) is 3.52. The minimum absolute atomic E-state index is 0.269. The van der Waals surface area contributed by atoms with Crippen molar-refractivity contribution in [2.45, 2.75) is 33.7 Å². The fraction of sp³-hybridized carbons (Fsp3) is 1.00. The number of likely N-dealkylation sites (N-methyl/N-ethyl adjacent to an activating group) is 1. The van der Waals surface area contributed by atoms with Gasteiger partial charge in [0, 0.05) is 24.0 Å². The van der Waals surface area contributed by atoms with Crippen molar-refractivity contribution in [2.24, 2.45) is 10.5 Å². The molecule has 1 atom stereocenters. The van der Waals surface area contributed by atoms with Gasteiger partial charge in [0.2, 0.25) is 0 Å². The SMILES string of the molecule is CC(N(C)CCN=[N+]=[N-])C(C)(C)C. The minimum Gasteiger partial charge on any atom is -0.303 e. The second kappa shape index (κ2) is 5.10. The Balaban J connectivity index is 3.96. The lowest BCUT2D eigenvalue weighted by Gasteiger charge is -2.35. The molecule has 0 aromatic carbocycles. The summed E-state index contributed by atoms with van der Waals surface area (Å²) in [5.41, 5.74) is 8.39. The average Bonchev–Trinajstić information content (AvgIpc) is 2.01. The van der Waals surface area contributed by atoms with Crippen LogP contribution in [0.2, 0.25) is 0 Å². The van der Waals surface area contributed by atoms with Crippen molar-refractivity contribution in [3.05, 3.63) is 10.4 Å². The fourth-order valence-electron chi connectivity index (χ4n) is 1.10. The Bertz CT molecular complexity index is 188. The first-order valence-electron chi connectivity index (χ1n) is 4.60. The molecule has 0 aliphatic heterocycles. The third-order valence-electron chi connectivity index (χ3n) is 2.53. The van der Waals surface area contributed by atoms with E-state index in [1.807, 2.05) is 0 Å². The summed E-state index contributed by atoms with van der Waals surface area (Å²) >= 11 is 0. The molecule has 1 unspecified atom stereocenters. The van der Waals surface area contributed by atoms with E-state index in [0.717, 1.165) is 6.54 Å². The maximum absolute atomic E-state index is 8.12. The zero-order valence-corrected chi connectivity index (χ0v) is 9.28. The Morgan fingerprint density at radius 3 is 2.38 bits per heavy atom. The van der Waals surface area contributed by atoms with E-state index in [0.29, 0.717) is 12.6 Å². The van der Waals surface area contributed by atoms with Crippen LogP contribution in [0.15, 0.2) is 5.11 Å². The molecule has 0 aliphatic carbocycles. The highest BCUT2D eigenvalue weighted by Crippen LogP contribution is 2.22. The molecule has 4 heteroatoms. The lowest BCUT2D eigenvalue weighted by Crippen LogP contribution is -2.40. The van der Waals surface area contributed by atoms with Crippen LogP contribution in [-0.2, 0) is 0 Å². The van der Waals surface area contributed by atoms with Gasteiger partial charge in [0.05, 0.1) is 0 Å². The van der Waals surface area contributed by atoms with E-state index in [1.165, 1.54) is 0 Å². The summed E-state index contributed by atoms with van der Waals surface area (Å²) in [7, 11) is 2.06. The molecule has 0 aromatic heterocycles. The van der Waals surface area contributed by atoms with Crippen LogP contribution >= 0.6 is 0 Å². The van der Waals surface area contributed by atoms with Gasteiger partial charge in [0.25, 0.3) is 0 Å². The van der Waals surface area contributed by atoms with E-state index < -0.39 is 0 Å². The predicted molar refractivity (Wildman–Crippen MR) is 55.6 cm³/mol. The third-order valence-corrected chi connectivity index (χ3v) is 2.53. The maximum Gasteiger partial charge on any atom is 0.0385 e. The molecule has 0 rings (SSSR count). The lowest BCUT2D eigenvalue weighted by molar-refractivity contribution is 0.144. The van der Waals surface area contributed by atoms with Gasteiger partial charge in [-0.15, -0.1) is 0 Å². The van der Waals surface area contributed by atoms with E-state index >= 15 is 0 Å². The summed E-state index contributed by atoms with van der Waals surface area (Å²) in [5.74, 6) is 0. The van der Waals surface area contributed by atoms with E-state index in [9.17, 15) is 0 Å². The molecule has 0 heterocycles. The van der Waals surface area contributed by atoms with Crippen molar-refractivity contribution < 1.29 is 0 Å².